The Bertz CT molecular complexity index is 552. The number of rotatable bonds is 3. The molecule has 5 nitrogen and oxygen atoms in total. The SMILES string of the molecule is CC(C)(C)CNC(=O)NCc1ccc2c(c1)NC(=O)CS2. The second kappa shape index (κ2) is 6.39. The Morgan fingerprint density at radius 2 is 2.10 bits per heavy atom. The Balaban J connectivity index is 1.88. The molecule has 6 heteroatoms. The van der Waals surface area contributed by atoms with Crippen molar-refractivity contribution in [1.29, 1.82) is 0 Å². The maximum absolute atomic E-state index is 11.7. The molecule has 3 N–H and O–H groups in total. The van der Waals surface area contributed by atoms with Gasteiger partial charge in [-0.15, -0.1) is 11.8 Å². The summed E-state index contributed by atoms with van der Waals surface area (Å²) in [5, 5.41) is 8.50. The van der Waals surface area contributed by atoms with Crippen LogP contribution >= 0.6 is 11.8 Å². The first-order valence-electron chi connectivity index (χ1n) is 6.91. The molecule has 0 aliphatic carbocycles. The van der Waals surface area contributed by atoms with E-state index in [-0.39, 0.29) is 17.4 Å². The smallest absolute Gasteiger partial charge is 0.315 e. The summed E-state index contributed by atoms with van der Waals surface area (Å²) in [6.07, 6.45) is 0. The van der Waals surface area contributed by atoms with Gasteiger partial charge in [0.1, 0.15) is 0 Å². The summed E-state index contributed by atoms with van der Waals surface area (Å²) in [5.74, 6) is 0.473. The first kappa shape index (κ1) is 15.7. The minimum atomic E-state index is -0.180. The van der Waals surface area contributed by atoms with Crippen molar-refractivity contribution in [2.45, 2.75) is 32.2 Å². The summed E-state index contributed by atoms with van der Waals surface area (Å²) < 4.78 is 0. The van der Waals surface area contributed by atoms with Crippen molar-refractivity contribution in [3.63, 3.8) is 0 Å². The van der Waals surface area contributed by atoms with Crippen molar-refractivity contribution < 1.29 is 9.59 Å². The zero-order valence-electron chi connectivity index (χ0n) is 12.6. The number of benzene rings is 1. The zero-order chi connectivity index (χ0) is 15.5. The third-order valence-corrected chi connectivity index (χ3v) is 3.98. The van der Waals surface area contributed by atoms with E-state index in [0.717, 1.165) is 16.1 Å². The molecule has 114 valence electrons. The Morgan fingerprint density at radius 1 is 1.33 bits per heavy atom. The molecule has 1 aliphatic heterocycles. The lowest BCUT2D eigenvalue weighted by atomic mass is 9.97. The van der Waals surface area contributed by atoms with Gasteiger partial charge in [-0.25, -0.2) is 4.79 Å². The van der Waals surface area contributed by atoms with Crippen molar-refractivity contribution in [3.8, 4) is 0 Å². The number of carbonyl (C=O) groups excluding carboxylic acids is 2. The highest BCUT2D eigenvalue weighted by molar-refractivity contribution is 8.00. The van der Waals surface area contributed by atoms with E-state index in [9.17, 15) is 9.59 Å². The Hall–Kier alpha value is -1.69. The summed E-state index contributed by atoms with van der Waals surface area (Å²) >= 11 is 1.53. The van der Waals surface area contributed by atoms with Crippen molar-refractivity contribution >= 4 is 29.4 Å². The van der Waals surface area contributed by atoms with Crippen LogP contribution in [0, 0.1) is 5.41 Å². The first-order chi connectivity index (χ1) is 9.83. The number of carbonyl (C=O) groups is 2. The molecule has 0 aromatic heterocycles. The highest BCUT2D eigenvalue weighted by Crippen LogP contribution is 2.31. The number of thioether (sulfide) groups is 1. The number of hydrogen-bond donors (Lipinski definition) is 3. The number of anilines is 1. The fourth-order valence-electron chi connectivity index (χ4n) is 1.83. The lowest BCUT2D eigenvalue weighted by Gasteiger charge is -2.19. The molecule has 3 amide bonds. The normalized spacial score (nSPS) is 14.1. The maximum Gasteiger partial charge on any atom is 0.315 e. The van der Waals surface area contributed by atoms with Crippen LogP contribution in [0.1, 0.15) is 26.3 Å². The van der Waals surface area contributed by atoms with Gasteiger partial charge in [-0.05, 0) is 23.1 Å². The Morgan fingerprint density at radius 3 is 2.81 bits per heavy atom. The molecular weight excluding hydrogens is 286 g/mol. The van der Waals surface area contributed by atoms with Crippen LogP contribution in [0.3, 0.4) is 0 Å². The maximum atomic E-state index is 11.7. The van der Waals surface area contributed by atoms with Crippen LogP contribution in [-0.4, -0.2) is 24.2 Å². The minimum absolute atomic E-state index is 0.0144. The third kappa shape index (κ3) is 4.97. The van der Waals surface area contributed by atoms with Gasteiger partial charge in [-0.3, -0.25) is 4.79 Å². The molecule has 0 saturated carbocycles. The predicted molar refractivity (Wildman–Crippen MR) is 85.5 cm³/mol. The zero-order valence-corrected chi connectivity index (χ0v) is 13.4. The van der Waals surface area contributed by atoms with E-state index in [2.05, 4.69) is 36.7 Å². The monoisotopic (exact) mass is 307 g/mol. The number of hydrogen-bond acceptors (Lipinski definition) is 3. The van der Waals surface area contributed by atoms with Crippen molar-refractivity contribution in [2.75, 3.05) is 17.6 Å². The van der Waals surface area contributed by atoms with Crippen LogP contribution < -0.4 is 16.0 Å². The van der Waals surface area contributed by atoms with E-state index >= 15 is 0 Å². The molecule has 0 radical (unpaired) electrons. The molecule has 21 heavy (non-hydrogen) atoms. The number of nitrogens with one attached hydrogen (secondary N) is 3. The van der Waals surface area contributed by atoms with Gasteiger partial charge >= 0.3 is 6.03 Å². The molecule has 1 aliphatic rings. The minimum Gasteiger partial charge on any atom is -0.338 e. The van der Waals surface area contributed by atoms with E-state index in [0.29, 0.717) is 18.8 Å². The first-order valence-corrected chi connectivity index (χ1v) is 7.89. The summed E-state index contributed by atoms with van der Waals surface area (Å²) in [4.78, 5) is 24.1. The average Bonchev–Trinajstić information content (AvgIpc) is 2.41. The van der Waals surface area contributed by atoms with Crippen LogP contribution in [0.25, 0.3) is 0 Å². The predicted octanol–water partition coefficient (Wildman–Crippen LogP) is 2.58. The van der Waals surface area contributed by atoms with Gasteiger partial charge in [0, 0.05) is 18.0 Å². The van der Waals surface area contributed by atoms with Gasteiger partial charge in [-0.2, -0.15) is 0 Å². The Kier molecular flexibility index (Phi) is 4.77. The third-order valence-electron chi connectivity index (χ3n) is 2.91. The highest BCUT2D eigenvalue weighted by atomic mass is 32.2. The number of urea groups is 1. The quantitative estimate of drug-likeness (QED) is 0.804. The molecule has 1 aromatic rings. The molecule has 0 fully saturated rings. The van der Waals surface area contributed by atoms with E-state index in [1.54, 1.807) is 0 Å². The van der Waals surface area contributed by atoms with E-state index in [1.807, 2.05) is 18.2 Å². The summed E-state index contributed by atoms with van der Waals surface area (Å²) in [5.41, 5.74) is 1.85. The summed E-state index contributed by atoms with van der Waals surface area (Å²) in [7, 11) is 0. The van der Waals surface area contributed by atoms with Crippen molar-refractivity contribution in [3.05, 3.63) is 23.8 Å². The topological polar surface area (TPSA) is 70.2 Å². The van der Waals surface area contributed by atoms with Crippen LogP contribution in [0.5, 0.6) is 0 Å². The molecule has 0 saturated heterocycles. The Labute approximate surface area is 129 Å². The highest BCUT2D eigenvalue weighted by Gasteiger charge is 2.15. The molecule has 2 rings (SSSR count). The van der Waals surface area contributed by atoms with Gasteiger partial charge in [0.2, 0.25) is 5.91 Å². The molecule has 0 spiro atoms. The van der Waals surface area contributed by atoms with Gasteiger partial charge in [-0.1, -0.05) is 26.8 Å². The van der Waals surface area contributed by atoms with Gasteiger partial charge in [0.15, 0.2) is 0 Å². The van der Waals surface area contributed by atoms with Crippen LogP contribution in [0.2, 0.25) is 0 Å². The standard InChI is InChI=1S/C15H21N3O2S/c1-15(2,3)9-17-14(20)16-7-10-4-5-12-11(6-10)18-13(19)8-21-12/h4-6H,7-9H2,1-3H3,(H,18,19)(H2,16,17,20). The largest absolute Gasteiger partial charge is 0.338 e. The lowest BCUT2D eigenvalue weighted by Crippen LogP contribution is -2.39. The van der Waals surface area contributed by atoms with Crippen molar-refractivity contribution in [2.24, 2.45) is 5.41 Å². The molecule has 1 aromatic carbocycles. The van der Waals surface area contributed by atoms with E-state index < -0.39 is 0 Å². The fourth-order valence-corrected chi connectivity index (χ4v) is 2.62. The molecule has 0 atom stereocenters. The number of amides is 3. The fraction of sp³-hybridized carbons (Fsp3) is 0.467. The second-order valence-electron chi connectivity index (χ2n) is 6.26. The van der Waals surface area contributed by atoms with Crippen LogP contribution in [0.15, 0.2) is 23.1 Å². The molecule has 1 heterocycles. The molecule has 0 unspecified atom stereocenters. The molecule has 0 bridgehead atoms. The van der Waals surface area contributed by atoms with Crippen LogP contribution in [-0.2, 0) is 11.3 Å². The lowest BCUT2D eigenvalue weighted by molar-refractivity contribution is -0.113. The summed E-state index contributed by atoms with van der Waals surface area (Å²) in [6.45, 7) is 7.25. The van der Waals surface area contributed by atoms with Crippen LogP contribution in [0.4, 0.5) is 10.5 Å². The van der Waals surface area contributed by atoms with E-state index in [4.69, 9.17) is 0 Å². The summed E-state index contributed by atoms with van der Waals surface area (Å²) in [6, 6.07) is 5.67. The van der Waals surface area contributed by atoms with Gasteiger partial charge in [0.05, 0.1) is 11.4 Å². The molecular formula is C15H21N3O2S. The van der Waals surface area contributed by atoms with Crippen molar-refractivity contribution in [1.82, 2.24) is 10.6 Å². The average molecular weight is 307 g/mol. The number of fused-ring (bicyclic) bond motifs is 1. The second-order valence-corrected chi connectivity index (χ2v) is 7.28. The van der Waals surface area contributed by atoms with Gasteiger partial charge < -0.3 is 16.0 Å². The van der Waals surface area contributed by atoms with Gasteiger partial charge in [0.25, 0.3) is 0 Å². The van der Waals surface area contributed by atoms with E-state index in [1.165, 1.54) is 11.8 Å².